The molecule has 0 aliphatic rings. The first-order chi connectivity index (χ1) is 12.0. The maximum absolute atomic E-state index is 12.8. The zero-order chi connectivity index (χ0) is 18.0. The average Bonchev–Trinajstić information content (AvgIpc) is 2.61. The van der Waals surface area contributed by atoms with Crippen LogP contribution in [0.4, 0.5) is 5.69 Å². The van der Waals surface area contributed by atoms with Crippen molar-refractivity contribution in [2.75, 3.05) is 5.32 Å². The molecule has 1 aromatic carbocycles. The lowest BCUT2D eigenvalue weighted by Crippen LogP contribution is -2.28. The number of hydrogen-bond acceptors (Lipinski definition) is 3. The molecular formula is C20H21N3O2. The van der Waals surface area contributed by atoms with E-state index in [0.29, 0.717) is 17.8 Å². The van der Waals surface area contributed by atoms with Crippen molar-refractivity contribution in [3.05, 3.63) is 75.8 Å². The van der Waals surface area contributed by atoms with Crippen molar-refractivity contribution in [3.63, 3.8) is 0 Å². The van der Waals surface area contributed by atoms with Gasteiger partial charge >= 0.3 is 0 Å². The van der Waals surface area contributed by atoms with Gasteiger partial charge in [0.25, 0.3) is 5.56 Å². The summed E-state index contributed by atoms with van der Waals surface area (Å²) < 4.78 is 1.47. The molecule has 25 heavy (non-hydrogen) atoms. The minimum Gasteiger partial charge on any atom is -0.319 e. The highest BCUT2D eigenvalue weighted by Crippen LogP contribution is 2.21. The van der Waals surface area contributed by atoms with Crippen molar-refractivity contribution >= 4 is 17.2 Å². The Morgan fingerprint density at radius 1 is 1.16 bits per heavy atom. The first kappa shape index (κ1) is 16.9. The second kappa shape index (κ2) is 6.89. The number of nitrogens with zero attached hydrogens (tertiary/aromatic N) is 2. The number of hydrogen-bond donors (Lipinski definition) is 1. The van der Waals surface area contributed by atoms with E-state index in [9.17, 15) is 9.59 Å². The molecule has 1 unspecified atom stereocenters. The van der Waals surface area contributed by atoms with Crippen LogP contribution in [0.15, 0.2) is 53.5 Å². The molecule has 0 saturated heterocycles. The van der Waals surface area contributed by atoms with E-state index in [-0.39, 0.29) is 23.1 Å². The Hall–Kier alpha value is -2.95. The molecule has 0 spiro atoms. The Morgan fingerprint density at radius 3 is 2.56 bits per heavy atom. The van der Waals surface area contributed by atoms with Crippen molar-refractivity contribution in [1.82, 2.24) is 9.38 Å². The third-order valence-electron chi connectivity index (χ3n) is 4.41. The predicted octanol–water partition coefficient (Wildman–Crippen LogP) is 3.44. The van der Waals surface area contributed by atoms with E-state index in [0.717, 1.165) is 11.1 Å². The van der Waals surface area contributed by atoms with Crippen molar-refractivity contribution in [2.45, 2.75) is 33.1 Å². The summed E-state index contributed by atoms with van der Waals surface area (Å²) in [4.78, 5) is 30.1. The van der Waals surface area contributed by atoms with Crippen LogP contribution in [0.25, 0.3) is 5.65 Å². The van der Waals surface area contributed by atoms with Crippen LogP contribution >= 0.6 is 0 Å². The molecular weight excluding hydrogens is 314 g/mol. The number of pyridine rings is 1. The first-order valence-corrected chi connectivity index (χ1v) is 8.37. The predicted molar refractivity (Wildman–Crippen MR) is 99.0 cm³/mol. The fraction of sp³-hybridized carbons (Fsp3) is 0.250. The second-order valence-corrected chi connectivity index (χ2v) is 6.12. The Labute approximate surface area is 146 Å². The monoisotopic (exact) mass is 335 g/mol. The van der Waals surface area contributed by atoms with Gasteiger partial charge in [0.2, 0.25) is 5.91 Å². The molecule has 1 amide bonds. The third kappa shape index (κ3) is 3.18. The molecule has 5 heteroatoms. The number of benzene rings is 1. The highest BCUT2D eigenvalue weighted by molar-refractivity contribution is 5.96. The number of anilines is 1. The zero-order valence-corrected chi connectivity index (χ0v) is 14.6. The van der Waals surface area contributed by atoms with E-state index in [1.807, 2.05) is 50.2 Å². The van der Waals surface area contributed by atoms with Crippen molar-refractivity contribution in [3.8, 4) is 0 Å². The number of amides is 1. The van der Waals surface area contributed by atoms with E-state index >= 15 is 0 Å². The summed E-state index contributed by atoms with van der Waals surface area (Å²) in [7, 11) is 0. The van der Waals surface area contributed by atoms with Gasteiger partial charge in [-0.15, -0.1) is 0 Å². The van der Waals surface area contributed by atoms with Crippen LogP contribution in [0.1, 0.15) is 36.1 Å². The Balaban J connectivity index is 2.00. The van der Waals surface area contributed by atoms with E-state index in [2.05, 4.69) is 10.3 Å². The molecule has 0 aliphatic carbocycles. The summed E-state index contributed by atoms with van der Waals surface area (Å²) in [6.07, 6.45) is 2.32. The minimum absolute atomic E-state index is 0.191. The van der Waals surface area contributed by atoms with Crippen LogP contribution in [0.2, 0.25) is 0 Å². The summed E-state index contributed by atoms with van der Waals surface area (Å²) in [6, 6.07) is 13.3. The van der Waals surface area contributed by atoms with Gasteiger partial charge in [-0.1, -0.05) is 43.3 Å². The lowest BCUT2D eigenvalue weighted by molar-refractivity contribution is -0.117. The lowest BCUT2D eigenvalue weighted by atomic mass is 9.95. The molecule has 2 heterocycles. The summed E-state index contributed by atoms with van der Waals surface area (Å²) in [5.41, 5.74) is 2.96. The smallest absolute Gasteiger partial charge is 0.281 e. The minimum atomic E-state index is -0.307. The van der Waals surface area contributed by atoms with Crippen LogP contribution in [0, 0.1) is 13.8 Å². The van der Waals surface area contributed by atoms with Crippen LogP contribution in [-0.4, -0.2) is 15.3 Å². The van der Waals surface area contributed by atoms with Crippen LogP contribution < -0.4 is 10.9 Å². The Morgan fingerprint density at radius 2 is 1.88 bits per heavy atom. The molecule has 1 N–H and O–H groups in total. The molecule has 3 rings (SSSR count). The highest BCUT2D eigenvalue weighted by Gasteiger charge is 2.21. The Kier molecular flexibility index (Phi) is 4.65. The largest absolute Gasteiger partial charge is 0.319 e. The fourth-order valence-electron chi connectivity index (χ4n) is 3.02. The third-order valence-corrected chi connectivity index (χ3v) is 4.41. The van der Waals surface area contributed by atoms with Gasteiger partial charge in [0.05, 0.1) is 11.6 Å². The Bertz CT molecular complexity index is 977. The SMILES string of the molecule is CCC(C(=O)Nc1c(C)nc2c(C)cccn2c1=O)c1ccccc1. The van der Waals surface area contributed by atoms with Gasteiger partial charge < -0.3 is 5.32 Å². The van der Waals surface area contributed by atoms with Crippen LogP contribution in [0.5, 0.6) is 0 Å². The van der Waals surface area contributed by atoms with Crippen LogP contribution in [0.3, 0.4) is 0 Å². The fourth-order valence-corrected chi connectivity index (χ4v) is 3.02. The van der Waals surface area contributed by atoms with Gasteiger partial charge in [-0.2, -0.15) is 0 Å². The molecule has 3 aromatic rings. The molecule has 0 fully saturated rings. The lowest BCUT2D eigenvalue weighted by Gasteiger charge is -2.16. The number of nitrogens with one attached hydrogen (secondary N) is 1. The highest BCUT2D eigenvalue weighted by atomic mass is 16.2. The van der Waals surface area contributed by atoms with Gasteiger partial charge in [0.15, 0.2) is 0 Å². The number of aryl methyl sites for hydroxylation is 2. The van der Waals surface area contributed by atoms with Gasteiger partial charge in [-0.25, -0.2) is 4.98 Å². The maximum atomic E-state index is 12.8. The summed E-state index contributed by atoms with van der Waals surface area (Å²) >= 11 is 0. The molecule has 0 radical (unpaired) electrons. The van der Waals surface area contributed by atoms with Crippen molar-refractivity contribution < 1.29 is 4.79 Å². The summed E-state index contributed by atoms with van der Waals surface area (Å²) in [5.74, 6) is -0.499. The van der Waals surface area contributed by atoms with Crippen molar-refractivity contribution in [1.29, 1.82) is 0 Å². The van der Waals surface area contributed by atoms with Gasteiger partial charge in [-0.05, 0) is 37.5 Å². The first-order valence-electron chi connectivity index (χ1n) is 8.37. The molecule has 0 aliphatic heterocycles. The van der Waals surface area contributed by atoms with E-state index in [1.165, 1.54) is 4.40 Å². The average molecular weight is 335 g/mol. The standard InChI is InChI=1S/C20H21N3O2/c1-4-16(15-10-6-5-7-11-15)19(24)22-17-14(3)21-18-13(2)9-8-12-23(18)20(17)25/h5-12,16H,4H2,1-3H3,(H,22,24). The van der Waals surface area contributed by atoms with Gasteiger partial charge in [0.1, 0.15) is 11.3 Å². The van der Waals surface area contributed by atoms with E-state index in [1.54, 1.807) is 19.2 Å². The summed E-state index contributed by atoms with van der Waals surface area (Å²) in [6.45, 7) is 5.61. The van der Waals surface area contributed by atoms with Gasteiger partial charge in [0, 0.05) is 6.20 Å². The van der Waals surface area contributed by atoms with E-state index in [4.69, 9.17) is 0 Å². The van der Waals surface area contributed by atoms with Gasteiger partial charge in [-0.3, -0.25) is 14.0 Å². The normalized spacial score (nSPS) is 12.1. The molecule has 0 saturated carbocycles. The number of aromatic nitrogens is 2. The molecule has 5 nitrogen and oxygen atoms in total. The second-order valence-electron chi connectivity index (χ2n) is 6.12. The number of carbonyl (C=O) groups is 1. The zero-order valence-electron chi connectivity index (χ0n) is 14.6. The molecule has 0 bridgehead atoms. The molecule has 1 atom stereocenters. The van der Waals surface area contributed by atoms with Crippen LogP contribution in [-0.2, 0) is 4.79 Å². The van der Waals surface area contributed by atoms with Crippen molar-refractivity contribution in [2.24, 2.45) is 0 Å². The molecule has 128 valence electrons. The topological polar surface area (TPSA) is 63.5 Å². The molecule has 2 aromatic heterocycles. The number of carbonyl (C=O) groups excluding carboxylic acids is 1. The maximum Gasteiger partial charge on any atom is 0.281 e. The quantitative estimate of drug-likeness (QED) is 0.794. The van der Waals surface area contributed by atoms with E-state index < -0.39 is 0 Å². The number of rotatable bonds is 4. The number of fused-ring (bicyclic) bond motifs is 1. The summed E-state index contributed by atoms with van der Waals surface area (Å²) in [5, 5.41) is 2.80.